The van der Waals surface area contributed by atoms with Gasteiger partial charge in [0.2, 0.25) is 0 Å². The number of hydrogen-bond acceptors (Lipinski definition) is 3. The third-order valence-electron chi connectivity index (χ3n) is 3.74. The predicted octanol–water partition coefficient (Wildman–Crippen LogP) is 1.73. The number of nitrogens with one attached hydrogen (secondary N) is 1. The Morgan fingerprint density at radius 3 is 2.10 bits per heavy atom. The Bertz CT molecular complexity index is 587. The summed E-state index contributed by atoms with van der Waals surface area (Å²) in [5.41, 5.74) is 5.80. The molecule has 1 unspecified atom stereocenters. The number of amides is 1. The second kappa shape index (κ2) is 5.45. The number of carbonyl (C=O) groups is 1. The van der Waals surface area contributed by atoms with Crippen molar-refractivity contribution in [2.75, 3.05) is 0 Å². The molecule has 1 amide bonds. The van der Waals surface area contributed by atoms with E-state index in [4.69, 9.17) is 5.84 Å². The zero-order chi connectivity index (χ0) is 13.9. The number of benzene rings is 2. The maximum absolute atomic E-state index is 12.2. The smallest absolute Gasteiger partial charge is 0.255 e. The Morgan fingerprint density at radius 1 is 1.00 bits per heavy atom. The van der Waals surface area contributed by atoms with Crippen molar-refractivity contribution in [3.05, 3.63) is 71.3 Å². The molecule has 0 spiro atoms. The van der Waals surface area contributed by atoms with Crippen LogP contribution in [-0.4, -0.2) is 10.8 Å². The monoisotopic (exact) mass is 267 g/mol. The van der Waals surface area contributed by atoms with E-state index in [-0.39, 0.29) is 11.9 Å². The van der Waals surface area contributed by atoms with E-state index in [9.17, 15) is 4.79 Å². The van der Waals surface area contributed by atoms with Crippen molar-refractivity contribution in [2.45, 2.75) is 19.1 Å². The van der Waals surface area contributed by atoms with Crippen LogP contribution in [0.15, 0.2) is 54.6 Å². The van der Waals surface area contributed by atoms with E-state index < -0.39 is 0 Å². The number of carbonyl (C=O) groups excluding carboxylic acids is 1. The van der Waals surface area contributed by atoms with Crippen LogP contribution in [0.5, 0.6) is 0 Å². The van der Waals surface area contributed by atoms with Crippen molar-refractivity contribution in [1.82, 2.24) is 10.3 Å². The van der Waals surface area contributed by atoms with Gasteiger partial charge in [0.15, 0.2) is 0 Å². The third kappa shape index (κ3) is 2.31. The highest BCUT2D eigenvalue weighted by atomic mass is 16.2. The van der Waals surface area contributed by atoms with Gasteiger partial charge in [-0.3, -0.25) is 15.1 Å². The van der Waals surface area contributed by atoms with Gasteiger partial charge in [0, 0.05) is 13.1 Å². The van der Waals surface area contributed by atoms with Gasteiger partial charge in [-0.15, -0.1) is 0 Å². The Morgan fingerprint density at radius 2 is 1.55 bits per heavy atom. The molecule has 3 rings (SSSR count). The molecule has 0 bridgehead atoms. The van der Waals surface area contributed by atoms with Gasteiger partial charge in [-0.1, -0.05) is 54.6 Å². The predicted molar refractivity (Wildman–Crippen MR) is 77.2 cm³/mol. The highest BCUT2D eigenvalue weighted by Crippen LogP contribution is 2.31. The maximum Gasteiger partial charge on any atom is 0.255 e. The number of nitrogens with zero attached hydrogens (tertiary/aromatic N) is 1. The summed E-state index contributed by atoms with van der Waals surface area (Å²) in [6, 6.07) is 17.7. The minimum absolute atomic E-state index is 0.177. The zero-order valence-corrected chi connectivity index (χ0v) is 11.1. The molecule has 2 aromatic rings. The van der Waals surface area contributed by atoms with Crippen LogP contribution in [-0.2, 0) is 17.9 Å². The SMILES string of the molecule is NNC(=O)C(c1ccccc1)N1Cc2ccccc2C1. The second-order valence-electron chi connectivity index (χ2n) is 5.00. The van der Waals surface area contributed by atoms with Crippen LogP contribution in [0.1, 0.15) is 22.7 Å². The normalized spacial score (nSPS) is 15.7. The van der Waals surface area contributed by atoms with Gasteiger partial charge in [0.25, 0.3) is 5.91 Å². The quantitative estimate of drug-likeness (QED) is 0.506. The standard InChI is InChI=1S/C16H17N3O/c17-18-16(20)15(12-6-2-1-3-7-12)19-10-13-8-4-5-9-14(13)11-19/h1-9,15H,10-11,17H2,(H,18,20). The molecular weight excluding hydrogens is 250 g/mol. The maximum atomic E-state index is 12.2. The van der Waals surface area contributed by atoms with E-state index in [2.05, 4.69) is 22.5 Å². The van der Waals surface area contributed by atoms with Crippen molar-refractivity contribution in [1.29, 1.82) is 0 Å². The van der Waals surface area contributed by atoms with E-state index in [0.717, 1.165) is 18.7 Å². The minimum atomic E-state index is -0.353. The van der Waals surface area contributed by atoms with Gasteiger partial charge in [-0.2, -0.15) is 0 Å². The Balaban J connectivity index is 1.91. The highest BCUT2D eigenvalue weighted by Gasteiger charge is 2.31. The van der Waals surface area contributed by atoms with Gasteiger partial charge in [0.05, 0.1) is 0 Å². The number of rotatable bonds is 3. The first-order chi connectivity index (χ1) is 9.79. The van der Waals surface area contributed by atoms with Crippen molar-refractivity contribution >= 4 is 5.91 Å². The molecule has 0 radical (unpaired) electrons. The van der Waals surface area contributed by atoms with Crippen LogP contribution < -0.4 is 11.3 Å². The Hall–Kier alpha value is -2.17. The van der Waals surface area contributed by atoms with E-state index >= 15 is 0 Å². The van der Waals surface area contributed by atoms with Gasteiger partial charge >= 0.3 is 0 Å². The molecule has 1 aliphatic rings. The largest absolute Gasteiger partial charge is 0.293 e. The highest BCUT2D eigenvalue weighted by molar-refractivity contribution is 5.82. The minimum Gasteiger partial charge on any atom is -0.293 e. The summed E-state index contributed by atoms with van der Waals surface area (Å²) >= 11 is 0. The number of nitrogens with two attached hydrogens (primary N) is 1. The molecule has 4 nitrogen and oxygen atoms in total. The first-order valence-electron chi connectivity index (χ1n) is 6.66. The van der Waals surface area contributed by atoms with E-state index in [1.54, 1.807) is 0 Å². The van der Waals surface area contributed by atoms with E-state index in [0.29, 0.717) is 0 Å². The summed E-state index contributed by atoms with van der Waals surface area (Å²) in [6.07, 6.45) is 0. The molecule has 0 saturated carbocycles. The summed E-state index contributed by atoms with van der Waals surface area (Å²) < 4.78 is 0. The first kappa shape index (κ1) is 12.8. The average molecular weight is 267 g/mol. The third-order valence-corrected chi connectivity index (χ3v) is 3.74. The molecular formula is C16H17N3O. The lowest BCUT2D eigenvalue weighted by Crippen LogP contribution is -2.41. The summed E-state index contributed by atoms with van der Waals surface area (Å²) in [5.74, 6) is 5.18. The van der Waals surface area contributed by atoms with Crippen molar-refractivity contribution in [3.8, 4) is 0 Å². The van der Waals surface area contributed by atoms with E-state index in [1.807, 2.05) is 42.5 Å². The Kier molecular flexibility index (Phi) is 3.50. The summed E-state index contributed by atoms with van der Waals surface area (Å²) in [6.45, 7) is 1.53. The molecule has 0 saturated heterocycles. The van der Waals surface area contributed by atoms with Crippen molar-refractivity contribution in [2.24, 2.45) is 5.84 Å². The molecule has 0 aromatic heterocycles. The van der Waals surface area contributed by atoms with Gasteiger partial charge in [0.1, 0.15) is 6.04 Å². The van der Waals surface area contributed by atoms with Crippen LogP contribution in [0.4, 0.5) is 0 Å². The van der Waals surface area contributed by atoms with Crippen LogP contribution in [0.25, 0.3) is 0 Å². The number of fused-ring (bicyclic) bond motifs is 1. The Labute approximate surface area is 118 Å². The molecule has 20 heavy (non-hydrogen) atoms. The molecule has 2 aromatic carbocycles. The summed E-state index contributed by atoms with van der Waals surface area (Å²) in [4.78, 5) is 14.3. The van der Waals surface area contributed by atoms with Crippen molar-refractivity contribution < 1.29 is 4.79 Å². The van der Waals surface area contributed by atoms with Gasteiger partial charge < -0.3 is 0 Å². The fraction of sp³-hybridized carbons (Fsp3) is 0.188. The molecule has 3 N–H and O–H groups in total. The van der Waals surface area contributed by atoms with Crippen LogP contribution in [0.2, 0.25) is 0 Å². The summed E-state index contributed by atoms with van der Waals surface area (Å²) in [7, 11) is 0. The second-order valence-corrected chi connectivity index (χ2v) is 5.00. The molecule has 102 valence electrons. The van der Waals surface area contributed by atoms with E-state index in [1.165, 1.54) is 11.1 Å². The molecule has 1 atom stereocenters. The molecule has 1 aliphatic heterocycles. The average Bonchev–Trinajstić information content (AvgIpc) is 2.91. The molecule has 0 aliphatic carbocycles. The van der Waals surface area contributed by atoms with Crippen LogP contribution >= 0.6 is 0 Å². The first-order valence-corrected chi connectivity index (χ1v) is 6.66. The molecule has 4 heteroatoms. The molecule has 1 heterocycles. The van der Waals surface area contributed by atoms with Crippen LogP contribution in [0.3, 0.4) is 0 Å². The van der Waals surface area contributed by atoms with Crippen LogP contribution in [0, 0.1) is 0 Å². The summed E-state index contributed by atoms with van der Waals surface area (Å²) in [5, 5.41) is 0. The number of hydrazine groups is 1. The lowest BCUT2D eigenvalue weighted by molar-refractivity contribution is -0.127. The fourth-order valence-corrected chi connectivity index (χ4v) is 2.78. The lowest BCUT2D eigenvalue weighted by Gasteiger charge is -2.26. The molecule has 0 fully saturated rings. The zero-order valence-electron chi connectivity index (χ0n) is 11.1. The lowest BCUT2D eigenvalue weighted by atomic mass is 10.1. The number of hydrogen-bond donors (Lipinski definition) is 2. The topological polar surface area (TPSA) is 58.4 Å². The van der Waals surface area contributed by atoms with Crippen molar-refractivity contribution in [3.63, 3.8) is 0 Å². The van der Waals surface area contributed by atoms with Gasteiger partial charge in [-0.25, -0.2) is 5.84 Å². The van der Waals surface area contributed by atoms with Gasteiger partial charge in [-0.05, 0) is 16.7 Å². The fourth-order valence-electron chi connectivity index (χ4n) is 2.78.